The molecule has 1 rings (SSSR count). The van der Waals surface area contributed by atoms with Crippen LogP contribution < -0.4 is 15.8 Å². The van der Waals surface area contributed by atoms with Crippen LogP contribution in [0.5, 0.6) is 5.75 Å². The number of hydrogen-bond donors (Lipinski definition) is 3. The summed E-state index contributed by atoms with van der Waals surface area (Å²) in [5.41, 5.74) is 6.41. The van der Waals surface area contributed by atoms with Crippen molar-refractivity contribution in [3.05, 3.63) is 23.8 Å². The van der Waals surface area contributed by atoms with E-state index in [9.17, 15) is 9.90 Å². The Bertz CT molecular complexity index is 448. The van der Waals surface area contributed by atoms with Crippen molar-refractivity contribution in [3.63, 3.8) is 0 Å². The van der Waals surface area contributed by atoms with Gasteiger partial charge in [0.2, 0.25) is 0 Å². The molecule has 0 fully saturated rings. The van der Waals surface area contributed by atoms with Crippen LogP contribution in [0.2, 0.25) is 0 Å². The number of methoxy groups -OCH3 is 1. The van der Waals surface area contributed by atoms with E-state index in [4.69, 9.17) is 10.5 Å². The molecule has 20 heavy (non-hydrogen) atoms. The summed E-state index contributed by atoms with van der Waals surface area (Å²) < 4.78 is 5.09. The van der Waals surface area contributed by atoms with Crippen molar-refractivity contribution in [2.45, 2.75) is 26.7 Å². The van der Waals surface area contributed by atoms with E-state index in [0.717, 1.165) is 12.8 Å². The van der Waals surface area contributed by atoms with E-state index < -0.39 is 0 Å². The van der Waals surface area contributed by atoms with Gasteiger partial charge in [-0.3, -0.25) is 4.79 Å². The summed E-state index contributed by atoms with van der Waals surface area (Å²) in [6.07, 6.45) is 1.61. The van der Waals surface area contributed by atoms with Crippen molar-refractivity contribution < 1.29 is 14.6 Å². The van der Waals surface area contributed by atoms with Crippen LogP contribution in [-0.4, -0.2) is 31.3 Å². The lowest BCUT2D eigenvalue weighted by Crippen LogP contribution is -2.39. The van der Waals surface area contributed by atoms with E-state index in [1.54, 1.807) is 18.2 Å². The molecule has 0 saturated heterocycles. The summed E-state index contributed by atoms with van der Waals surface area (Å²) in [5.74, 6) is 0.338. The molecule has 0 bridgehead atoms. The molecule has 0 aliphatic heterocycles. The zero-order chi connectivity index (χ0) is 15.2. The Morgan fingerprint density at radius 2 is 2.00 bits per heavy atom. The molecule has 112 valence electrons. The van der Waals surface area contributed by atoms with Crippen LogP contribution in [0.1, 0.15) is 37.0 Å². The second-order valence-corrected chi connectivity index (χ2v) is 5.04. The summed E-state index contributed by atoms with van der Waals surface area (Å²) in [7, 11) is 1.53. The first-order chi connectivity index (χ1) is 9.50. The molecule has 4 N–H and O–H groups in total. The van der Waals surface area contributed by atoms with Crippen molar-refractivity contribution in [2.24, 2.45) is 5.41 Å². The number of amides is 1. The third-order valence-electron chi connectivity index (χ3n) is 3.89. The number of hydrogen-bond acceptors (Lipinski definition) is 4. The zero-order valence-electron chi connectivity index (χ0n) is 12.4. The number of nitrogens with two attached hydrogens (primary N) is 1. The van der Waals surface area contributed by atoms with Crippen LogP contribution >= 0.6 is 0 Å². The molecular formula is C15H24N2O3. The average Bonchev–Trinajstić information content (AvgIpc) is 2.48. The van der Waals surface area contributed by atoms with Gasteiger partial charge < -0.3 is 20.9 Å². The van der Waals surface area contributed by atoms with Crippen molar-refractivity contribution in [1.29, 1.82) is 0 Å². The highest BCUT2D eigenvalue weighted by atomic mass is 16.5. The fourth-order valence-electron chi connectivity index (χ4n) is 2.02. The molecule has 0 aromatic heterocycles. The fourth-order valence-corrected chi connectivity index (χ4v) is 2.02. The topological polar surface area (TPSA) is 84.6 Å². The van der Waals surface area contributed by atoms with Crippen LogP contribution in [0.4, 0.5) is 5.69 Å². The van der Waals surface area contributed by atoms with E-state index in [-0.39, 0.29) is 17.9 Å². The average molecular weight is 280 g/mol. The number of carbonyl (C=O) groups is 1. The molecule has 1 aromatic rings. The lowest BCUT2D eigenvalue weighted by Gasteiger charge is -2.29. The molecule has 5 heteroatoms. The number of anilines is 1. The molecule has 0 spiro atoms. The summed E-state index contributed by atoms with van der Waals surface area (Å²) in [4.78, 5) is 12.2. The molecule has 0 heterocycles. The number of carbonyl (C=O) groups excluding carboxylic acids is 1. The first kappa shape index (κ1) is 16.3. The van der Waals surface area contributed by atoms with E-state index in [2.05, 4.69) is 5.32 Å². The number of ether oxygens (including phenoxy) is 1. The standard InChI is InChI=1S/C15H24N2O3/c1-4-15(5-2,10-18)9-17-14(19)11-6-12(16)8-13(7-11)20-3/h6-8,18H,4-5,9-10,16H2,1-3H3,(H,17,19). The highest BCUT2D eigenvalue weighted by Crippen LogP contribution is 2.25. The first-order valence-corrected chi connectivity index (χ1v) is 6.84. The van der Waals surface area contributed by atoms with Crippen LogP contribution in [0.3, 0.4) is 0 Å². The van der Waals surface area contributed by atoms with E-state index >= 15 is 0 Å². The number of benzene rings is 1. The third kappa shape index (κ3) is 3.87. The van der Waals surface area contributed by atoms with Gasteiger partial charge in [0.05, 0.1) is 13.7 Å². The molecule has 0 atom stereocenters. The minimum Gasteiger partial charge on any atom is -0.497 e. The molecule has 0 aliphatic rings. The van der Waals surface area contributed by atoms with Gasteiger partial charge in [-0.25, -0.2) is 0 Å². The van der Waals surface area contributed by atoms with Crippen LogP contribution in [0.15, 0.2) is 18.2 Å². The second-order valence-electron chi connectivity index (χ2n) is 5.04. The SMILES string of the molecule is CCC(CC)(CO)CNC(=O)c1cc(N)cc(OC)c1. The fraction of sp³-hybridized carbons (Fsp3) is 0.533. The molecule has 0 radical (unpaired) electrons. The van der Waals surface area contributed by atoms with Gasteiger partial charge in [0.1, 0.15) is 5.75 Å². The maximum Gasteiger partial charge on any atom is 0.251 e. The predicted octanol–water partition coefficient (Wildman–Crippen LogP) is 1.81. The molecule has 0 aliphatic carbocycles. The van der Waals surface area contributed by atoms with Gasteiger partial charge in [0, 0.05) is 29.3 Å². The normalized spacial score (nSPS) is 11.2. The summed E-state index contributed by atoms with van der Waals surface area (Å²) >= 11 is 0. The van der Waals surface area contributed by atoms with Crippen molar-refractivity contribution in [2.75, 3.05) is 26.0 Å². The smallest absolute Gasteiger partial charge is 0.251 e. The first-order valence-electron chi connectivity index (χ1n) is 6.84. The van der Waals surface area contributed by atoms with Gasteiger partial charge in [-0.05, 0) is 25.0 Å². The predicted molar refractivity (Wildman–Crippen MR) is 79.8 cm³/mol. The van der Waals surface area contributed by atoms with Crippen LogP contribution in [0, 0.1) is 5.41 Å². The largest absolute Gasteiger partial charge is 0.497 e. The van der Waals surface area contributed by atoms with Crippen molar-refractivity contribution in [3.8, 4) is 5.75 Å². The van der Waals surface area contributed by atoms with Gasteiger partial charge in [-0.15, -0.1) is 0 Å². The quantitative estimate of drug-likeness (QED) is 0.665. The van der Waals surface area contributed by atoms with Gasteiger partial charge in [-0.1, -0.05) is 13.8 Å². The Kier molecular flexibility index (Phi) is 5.82. The Hall–Kier alpha value is -1.75. The van der Waals surface area contributed by atoms with Crippen molar-refractivity contribution in [1.82, 2.24) is 5.32 Å². The third-order valence-corrected chi connectivity index (χ3v) is 3.89. The van der Waals surface area contributed by atoms with Crippen LogP contribution in [-0.2, 0) is 0 Å². The van der Waals surface area contributed by atoms with Gasteiger partial charge in [-0.2, -0.15) is 0 Å². The minimum atomic E-state index is -0.264. The Morgan fingerprint density at radius 3 is 2.50 bits per heavy atom. The summed E-state index contributed by atoms with van der Waals surface area (Å²) in [5, 5.41) is 12.4. The molecule has 5 nitrogen and oxygen atoms in total. The molecule has 0 unspecified atom stereocenters. The van der Waals surface area contributed by atoms with E-state index in [1.807, 2.05) is 13.8 Å². The summed E-state index contributed by atoms with van der Waals surface area (Å²) in [6, 6.07) is 4.91. The number of aliphatic hydroxyl groups excluding tert-OH is 1. The maximum absolute atomic E-state index is 12.2. The lowest BCUT2D eigenvalue weighted by molar-refractivity contribution is 0.0851. The highest BCUT2D eigenvalue weighted by molar-refractivity contribution is 5.95. The lowest BCUT2D eigenvalue weighted by atomic mass is 9.83. The van der Waals surface area contributed by atoms with Gasteiger partial charge in [0.25, 0.3) is 5.91 Å². The number of rotatable bonds is 7. The molecule has 0 saturated carbocycles. The van der Waals surface area contributed by atoms with Gasteiger partial charge in [0.15, 0.2) is 0 Å². The zero-order valence-corrected chi connectivity index (χ0v) is 12.4. The summed E-state index contributed by atoms with van der Waals surface area (Å²) in [6.45, 7) is 4.51. The minimum absolute atomic E-state index is 0.0561. The molecule has 1 aromatic carbocycles. The van der Waals surface area contributed by atoms with Crippen molar-refractivity contribution >= 4 is 11.6 Å². The van der Waals surface area contributed by atoms with E-state index in [0.29, 0.717) is 23.5 Å². The number of nitrogens with one attached hydrogen (secondary N) is 1. The van der Waals surface area contributed by atoms with Crippen LogP contribution in [0.25, 0.3) is 0 Å². The monoisotopic (exact) mass is 280 g/mol. The Labute approximate surface area is 120 Å². The molecular weight excluding hydrogens is 256 g/mol. The molecule has 1 amide bonds. The maximum atomic E-state index is 12.2. The number of nitrogen functional groups attached to an aromatic ring is 1. The number of aliphatic hydroxyl groups is 1. The highest BCUT2D eigenvalue weighted by Gasteiger charge is 2.26. The second kappa shape index (κ2) is 7.14. The Balaban J connectivity index is 2.79. The van der Waals surface area contributed by atoms with Gasteiger partial charge >= 0.3 is 0 Å². The van der Waals surface area contributed by atoms with E-state index in [1.165, 1.54) is 7.11 Å². The Morgan fingerprint density at radius 1 is 1.35 bits per heavy atom.